The fourth-order valence-corrected chi connectivity index (χ4v) is 2.78. The van der Waals surface area contributed by atoms with E-state index in [4.69, 9.17) is 5.73 Å². The number of nitrogens with one attached hydrogen (secondary N) is 1. The largest absolute Gasteiger partial charge is 0.382 e. The van der Waals surface area contributed by atoms with E-state index < -0.39 is 12.0 Å². The third-order valence-electron chi connectivity index (χ3n) is 4.01. The third kappa shape index (κ3) is 2.96. The summed E-state index contributed by atoms with van der Waals surface area (Å²) in [6, 6.07) is 8.54. The van der Waals surface area contributed by atoms with Gasteiger partial charge in [-0.05, 0) is 29.4 Å². The van der Waals surface area contributed by atoms with Crippen molar-refractivity contribution in [3.05, 3.63) is 35.4 Å². The number of amides is 1. The van der Waals surface area contributed by atoms with Crippen molar-refractivity contribution < 1.29 is 9.90 Å². The normalized spacial score (nSPS) is 22.6. The first kappa shape index (κ1) is 14.0. The van der Waals surface area contributed by atoms with Gasteiger partial charge in [0.15, 0.2) is 0 Å². The molecule has 1 aromatic rings. The number of carbonyl (C=O) groups is 1. The maximum atomic E-state index is 10.9. The summed E-state index contributed by atoms with van der Waals surface area (Å²) in [5, 5.41) is 12.7. The van der Waals surface area contributed by atoms with Crippen molar-refractivity contribution >= 4 is 5.91 Å². The number of primary amides is 1. The van der Waals surface area contributed by atoms with Crippen LogP contribution >= 0.6 is 0 Å². The van der Waals surface area contributed by atoms with Gasteiger partial charge in [-0.25, -0.2) is 0 Å². The molecule has 4 N–H and O–H groups in total. The smallest absolute Gasteiger partial charge is 0.247 e. The van der Waals surface area contributed by atoms with E-state index in [1.807, 2.05) is 6.07 Å². The van der Waals surface area contributed by atoms with Gasteiger partial charge >= 0.3 is 0 Å². The van der Waals surface area contributed by atoms with Crippen LogP contribution in [0.4, 0.5) is 0 Å². The number of aliphatic hydroxyl groups is 1. The van der Waals surface area contributed by atoms with Gasteiger partial charge in [0.1, 0.15) is 6.10 Å². The molecule has 104 valence electrons. The van der Waals surface area contributed by atoms with Gasteiger partial charge in [-0.2, -0.15) is 0 Å². The Hall–Kier alpha value is -1.39. The zero-order valence-electron chi connectivity index (χ0n) is 11.5. The highest BCUT2D eigenvalue weighted by molar-refractivity contribution is 5.78. The molecular formula is C15H22N2O2. The summed E-state index contributed by atoms with van der Waals surface area (Å²) in [5.41, 5.74) is 7.84. The van der Waals surface area contributed by atoms with Crippen molar-refractivity contribution in [3.8, 4) is 0 Å². The molecule has 0 saturated carbocycles. The molecule has 1 aliphatic carbocycles. The molecule has 1 aliphatic rings. The first-order valence-electron chi connectivity index (χ1n) is 6.72. The van der Waals surface area contributed by atoms with Gasteiger partial charge in [0, 0.05) is 12.6 Å². The number of rotatable bonds is 4. The second-order valence-corrected chi connectivity index (χ2v) is 5.89. The lowest BCUT2D eigenvalue weighted by molar-refractivity contribution is -0.125. The Morgan fingerprint density at radius 1 is 1.53 bits per heavy atom. The highest BCUT2D eigenvalue weighted by Crippen LogP contribution is 2.41. The van der Waals surface area contributed by atoms with Crippen molar-refractivity contribution in [1.29, 1.82) is 0 Å². The van der Waals surface area contributed by atoms with E-state index in [1.165, 1.54) is 11.1 Å². The fraction of sp³-hybridized carbons (Fsp3) is 0.533. The van der Waals surface area contributed by atoms with Crippen LogP contribution < -0.4 is 11.1 Å². The van der Waals surface area contributed by atoms with Gasteiger partial charge < -0.3 is 16.2 Å². The Balaban J connectivity index is 2.14. The molecule has 0 heterocycles. The number of fused-ring (bicyclic) bond motifs is 1. The average molecular weight is 262 g/mol. The molecule has 0 fully saturated rings. The third-order valence-corrected chi connectivity index (χ3v) is 4.01. The van der Waals surface area contributed by atoms with Crippen LogP contribution in [0.5, 0.6) is 0 Å². The van der Waals surface area contributed by atoms with Crippen LogP contribution in [0.1, 0.15) is 43.9 Å². The fourth-order valence-electron chi connectivity index (χ4n) is 2.78. The van der Waals surface area contributed by atoms with Crippen LogP contribution in [0.15, 0.2) is 24.3 Å². The molecule has 1 aromatic carbocycles. The lowest BCUT2D eigenvalue weighted by atomic mass is 9.71. The monoisotopic (exact) mass is 262 g/mol. The Morgan fingerprint density at radius 2 is 2.21 bits per heavy atom. The average Bonchev–Trinajstić information content (AvgIpc) is 2.37. The van der Waals surface area contributed by atoms with E-state index in [-0.39, 0.29) is 18.0 Å². The van der Waals surface area contributed by atoms with E-state index in [0.717, 1.165) is 12.8 Å². The topological polar surface area (TPSA) is 75.3 Å². The van der Waals surface area contributed by atoms with E-state index in [2.05, 4.69) is 37.4 Å². The second-order valence-electron chi connectivity index (χ2n) is 5.89. The van der Waals surface area contributed by atoms with E-state index in [9.17, 15) is 9.90 Å². The molecule has 1 amide bonds. The van der Waals surface area contributed by atoms with Crippen LogP contribution in [-0.4, -0.2) is 23.7 Å². The molecule has 19 heavy (non-hydrogen) atoms. The number of benzene rings is 1. The number of hydrogen-bond acceptors (Lipinski definition) is 3. The predicted molar refractivity (Wildman–Crippen MR) is 74.6 cm³/mol. The number of nitrogens with two attached hydrogens (primary N) is 1. The summed E-state index contributed by atoms with van der Waals surface area (Å²) in [6.45, 7) is 4.70. The first-order chi connectivity index (χ1) is 8.92. The van der Waals surface area contributed by atoms with Gasteiger partial charge in [-0.1, -0.05) is 38.1 Å². The number of carbonyl (C=O) groups excluding carboxylic acids is 1. The van der Waals surface area contributed by atoms with Crippen molar-refractivity contribution in [2.24, 2.45) is 5.73 Å². The summed E-state index contributed by atoms with van der Waals surface area (Å²) in [7, 11) is 0. The molecule has 0 aromatic heterocycles. The Morgan fingerprint density at radius 3 is 2.89 bits per heavy atom. The summed E-state index contributed by atoms with van der Waals surface area (Å²) in [5.74, 6) is -0.683. The van der Waals surface area contributed by atoms with Crippen molar-refractivity contribution in [2.75, 3.05) is 6.54 Å². The van der Waals surface area contributed by atoms with E-state index >= 15 is 0 Å². The molecule has 0 bridgehead atoms. The summed E-state index contributed by atoms with van der Waals surface area (Å²) in [4.78, 5) is 10.9. The van der Waals surface area contributed by atoms with Crippen molar-refractivity contribution in [1.82, 2.24) is 5.32 Å². The molecule has 0 spiro atoms. The Labute approximate surface area is 114 Å². The van der Waals surface area contributed by atoms with Gasteiger partial charge in [-0.15, -0.1) is 0 Å². The quantitative estimate of drug-likeness (QED) is 0.764. The van der Waals surface area contributed by atoms with E-state index in [0.29, 0.717) is 0 Å². The van der Waals surface area contributed by atoms with Crippen molar-refractivity contribution in [3.63, 3.8) is 0 Å². The molecule has 4 nitrogen and oxygen atoms in total. The minimum atomic E-state index is -1.12. The molecule has 2 unspecified atom stereocenters. The number of hydrogen-bond donors (Lipinski definition) is 3. The standard InChI is InChI=1S/C15H22N2O2/c1-15(2)8-7-12(17-9-13(18)14(16)19)10-5-3-4-6-11(10)15/h3-6,12-13,17-18H,7-9H2,1-2H3,(H2,16,19). The predicted octanol–water partition coefficient (Wildman–Crippen LogP) is 1.23. The molecule has 2 rings (SSSR count). The van der Waals surface area contributed by atoms with Gasteiger partial charge in [0.25, 0.3) is 0 Å². The minimum Gasteiger partial charge on any atom is -0.382 e. The van der Waals surface area contributed by atoms with Gasteiger partial charge in [0.05, 0.1) is 0 Å². The van der Waals surface area contributed by atoms with E-state index in [1.54, 1.807) is 0 Å². The lowest BCUT2D eigenvalue weighted by Crippen LogP contribution is -2.41. The Kier molecular flexibility index (Phi) is 3.92. The summed E-state index contributed by atoms with van der Waals surface area (Å²) < 4.78 is 0. The molecule has 0 aliphatic heterocycles. The SMILES string of the molecule is CC1(C)CCC(NCC(O)C(N)=O)c2ccccc21. The van der Waals surface area contributed by atoms with Gasteiger partial charge in [-0.3, -0.25) is 4.79 Å². The van der Waals surface area contributed by atoms with Crippen LogP contribution in [-0.2, 0) is 10.2 Å². The molecule has 2 atom stereocenters. The lowest BCUT2D eigenvalue weighted by Gasteiger charge is -2.37. The highest BCUT2D eigenvalue weighted by Gasteiger charge is 2.32. The van der Waals surface area contributed by atoms with Gasteiger partial charge in [0.2, 0.25) is 5.91 Å². The molecule has 4 heteroatoms. The molecular weight excluding hydrogens is 240 g/mol. The summed E-state index contributed by atoms with van der Waals surface area (Å²) in [6.07, 6.45) is 0.950. The maximum Gasteiger partial charge on any atom is 0.247 e. The summed E-state index contributed by atoms with van der Waals surface area (Å²) >= 11 is 0. The minimum absolute atomic E-state index is 0.178. The van der Waals surface area contributed by atoms with Crippen LogP contribution in [0.2, 0.25) is 0 Å². The van der Waals surface area contributed by atoms with Crippen LogP contribution in [0, 0.1) is 0 Å². The maximum absolute atomic E-state index is 10.9. The first-order valence-corrected chi connectivity index (χ1v) is 6.72. The zero-order valence-corrected chi connectivity index (χ0v) is 11.5. The zero-order chi connectivity index (χ0) is 14.0. The van der Waals surface area contributed by atoms with Crippen LogP contribution in [0.3, 0.4) is 0 Å². The number of aliphatic hydroxyl groups excluding tert-OH is 1. The molecule has 0 saturated heterocycles. The second kappa shape index (κ2) is 5.31. The highest BCUT2D eigenvalue weighted by atomic mass is 16.3. The van der Waals surface area contributed by atoms with Crippen molar-refractivity contribution in [2.45, 2.75) is 44.2 Å². The van der Waals surface area contributed by atoms with Crippen LogP contribution in [0.25, 0.3) is 0 Å². The Bertz CT molecular complexity index is 471. The molecule has 0 radical (unpaired) electrons.